The van der Waals surface area contributed by atoms with E-state index in [0.29, 0.717) is 0 Å². The van der Waals surface area contributed by atoms with Crippen molar-refractivity contribution in [3.63, 3.8) is 0 Å². The van der Waals surface area contributed by atoms with Crippen molar-refractivity contribution >= 4 is 18.1 Å². The van der Waals surface area contributed by atoms with E-state index in [4.69, 9.17) is 9.47 Å². The highest BCUT2D eigenvalue weighted by atomic mass is 16.6. The number of carbonyl (C=O) groups excluding carboxylic acids is 3. The molecule has 0 saturated carbocycles. The molecule has 1 rings (SSSR count). The third kappa shape index (κ3) is 6.16. The van der Waals surface area contributed by atoms with Crippen LogP contribution in [-0.2, 0) is 14.3 Å². The monoisotopic (exact) mass is 372 g/mol. The first kappa shape index (κ1) is 22.2. The van der Waals surface area contributed by atoms with E-state index in [1.807, 2.05) is 0 Å². The van der Waals surface area contributed by atoms with Crippen molar-refractivity contribution in [3.05, 3.63) is 0 Å². The zero-order valence-electron chi connectivity index (χ0n) is 17.0. The first-order chi connectivity index (χ1) is 11.6. The molecule has 26 heavy (non-hydrogen) atoms. The summed E-state index contributed by atoms with van der Waals surface area (Å²) < 4.78 is 10.5. The molecule has 3 unspecified atom stereocenters. The molecule has 1 aliphatic rings. The van der Waals surface area contributed by atoms with E-state index in [1.54, 1.807) is 48.5 Å². The number of carbonyl (C=O) groups is 3. The summed E-state index contributed by atoms with van der Waals surface area (Å²) in [5.41, 5.74) is -1.37. The summed E-state index contributed by atoms with van der Waals surface area (Å²) >= 11 is 0. The van der Waals surface area contributed by atoms with Gasteiger partial charge in [-0.3, -0.25) is 4.79 Å². The van der Waals surface area contributed by atoms with Gasteiger partial charge in [-0.2, -0.15) is 0 Å². The lowest BCUT2D eigenvalue weighted by Crippen LogP contribution is -2.44. The molecule has 0 aromatic carbocycles. The Bertz CT molecular complexity index is 549. The summed E-state index contributed by atoms with van der Waals surface area (Å²) in [6.45, 7) is 12.3. The Balaban J connectivity index is 2.74. The van der Waals surface area contributed by atoms with Gasteiger partial charge in [0.05, 0.1) is 18.6 Å². The minimum atomic E-state index is -1.11. The molecular weight excluding hydrogens is 340 g/mol. The Morgan fingerprint density at radius 1 is 1.19 bits per heavy atom. The number of rotatable bonds is 3. The number of aliphatic hydroxyl groups is 1. The molecule has 8 heteroatoms. The predicted molar refractivity (Wildman–Crippen MR) is 95.5 cm³/mol. The molecule has 150 valence electrons. The molecule has 1 N–H and O–H groups in total. The van der Waals surface area contributed by atoms with E-state index in [-0.39, 0.29) is 19.0 Å². The first-order valence-corrected chi connectivity index (χ1v) is 8.79. The fourth-order valence-electron chi connectivity index (χ4n) is 2.75. The number of hydrogen-bond donors (Lipinski definition) is 1. The molecule has 3 amide bonds. The maximum atomic E-state index is 12.6. The summed E-state index contributed by atoms with van der Waals surface area (Å²) in [6.07, 6.45) is -2.41. The highest BCUT2D eigenvalue weighted by molar-refractivity contribution is 5.95. The van der Waals surface area contributed by atoms with Crippen molar-refractivity contribution in [2.24, 2.45) is 11.8 Å². The van der Waals surface area contributed by atoms with Crippen LogP contribution < -0.4 is 0 Å². The van der Waals surface area contributed by atoms with Gasteiger partial charge in [-0.15, -0.1) is 0 Å². The van der Waals surface area contributed by atoms with E-state index < -0.39 is 41.3 Å². The Morgan fingerprint density at radius 3 is 2.15 bits per heavy atom. The number of amides is 3. The minimum Gasteiger partial charge on any atom is -0.444 e. The van der Waals surface area contributed by atoms with Crippen molar-refractivity contribution in [1.82, 2.24) is 9.80 Å². The maximum absolute atomic E-state index is 12.6. The molecule has 1 saturated heterocycles. The Hall–Kier alpha value is -1.83. The number of likely N-dealkylation sites (tertiary alicyclic amines) is 1. The number of nitrogens with zero attached hydrogens (tertiary/aromatic N) is 2. The number of imide groups is 1. The van der Waals surface area contributed by atoms with Crippen molar-refractivity contribution in [2.75, 3.05) is 20.1 Å². The van der Waals surface area contributed by atoms with E-state index in [1.165, 1.54) is 11.9 Å². The Labute approximate surface area is 155 Å². The van der Waals surface area contributed by atoms with Crippen LogP contribution in [0.15, 0.2) is 0 Å². The van der Waals surface area contributed by atoms with Gasteiger partial charge in [-0.25, -0.2) is 14.5 Å². The molecule has 8 nitrogen and oxygen atoms in total. The molecule has 3 atom stereocenters. The summed E-state index contributed by atoms with van der Waals surface area (Å²) in [5.74, 6) is -1.53. The minimum absolute atomic E-state index is 0.0716. The molecular formula is C18H32N2O6. The van der Waals surface area contributed by atoms with Gasteiger partial charge in [0.25, 0.3) is 0 Å². The number of likely N-dealkylation sites (N-methyl/N-ethyl adjacent to an activating group) is 1. The van der Waals surface area contributed by atoms with Crippen LogP contribution in [0.5, 0.6) is 0 Å². The number of aliphatic hydroxyl groups excluding tert-OH is 1. The largest absolute Gasteiger partial charge is 0.444 e. The zero-order chi connectivity index (χ0) is 20.4. The average Bonchev–Trinajstić information content (AvgIpc) is 2.70. The van der Waals surface area contributed by atoms with Crippen LogP contribution in [0.4, 0.5) is 9.59 Å². The fraction of sp³-hybridized carbons (Fsp3) is 0.833. The van der Waals surface area contributed by atoms with Crippen molar-refractivity contribution < 1.29 is 29.0 Å². The highest BCUT2D eigenvalue weighted by Gasteiger charge is 2.46. The number of ether oxygens (including phenoxy) is 2. The van der Waals surface area contributed by atoms with E-state index in [9.17, 15) is 19.5 Å². The summed E-state index contributed by atoms with van der Waals surface area (Å²) in [6, 6.07) is 0. The topological polar surface area (TPSA) is 96.4 Å². The van der Waals surface area contributed by atoms with Crippen LogP contribution in [-0.4, -0.2) is 70.4 Å². The molecule has 0 radical (unpaired) electrons. The van der Waals surface area contributed by atoms with Crippen LogP contribution in [0.25, 0.3) is 0 Å². The molecule has 0 aromatic heterocycles. The third-order valence-corrected chi connectivity index (χ3v) is 3.83. The van der Waals surface area contributed by atoms with Gasteiger partial charge in [0.2, 0.25) is 5.91 Å². The van der Waals surface area contributed by atoms with Crippen LogP contribution >= 0.6 is 0 Å². The van der Waals surface area contributed by atoms with Gasteiger partial charge < -0.3 is 19.5 Å². The van der Waals surface area contributed by atoms with Gasteiger partial charge in [0.15, 0.2) is 0 Å². The van der Waals surface area contributed by atoms with Crippen LogP contribution in [0.1, 0.15) is 48.5 Å². The number of hydrogen-bond acceptors (Lipinski definition) is 6. The lowest BCUT2D eigenvalue weighted by atomic mass is 9.91. The lowest BCUT2D eigenvalue weighted by Gasteiger charge is -2.28. The van der Waals surface area contributed by atoms with Crippen LogP contribution in [0, 0.1) is 11.8 Å². The second kappa shape index (κ2) is 7.82. The first-order valence-electron chi connectivity index (χ1n) is 8.79. The van der Waals surface area contributed by atoms with Crippen molar-refractivity contribution in [1.29, 1.82) is 0 Å². The van der Waals surface area contributed by atoms with Crippen LogP contribution in [0.2, 0.25) is 0 Å². The summed E-state index contributed by atoms with van der Waals surface area (Å²) in [7, 11) is 1.49. The van der Waals surface area contributed by atoms with Crippen molar-refractivity contribution in [3.8, 4) is 0 Å². The van der Waals surface area contributed by atoms with E-state index >= 15 is 0 Å². The lowest BCUT2D eigenvalue weighted by molar-refractivity contribution is -0.133. The van der Waals surface area contributed by atoms with Gasteiger partial charge in [0.1, 0.15) is 11.2 Å². The summed E-state index contributed by atoms with van der Waals surface area (Å²) in [5, 5.41) is 10.5. The quantitative estimate of drug-likeness (QED) is 0.816. The maximum Gasteiger partial charge on any atom is 0.417 e. The smallest absolute Gasteiger partial charge is 0.417 e. The van der Waals surface area contributed by atoms with Gasteiger partial charge in [0, 0.05) is 13.6 Å². The summed E-state index contributed by atoms with van der Waals surface area (Å²) in [4.78, 5) is 39.1. The Morgan fingerprint density at radius 2 is 1.69 bits per heavy atom. The standard InChI is InChI=1S/C18H32N2O6/c1-11-9-20(16(24)26-18(5,6)7)14(22)13(11)12(21)10-19(8)15(23)25-17(2,3)4/h11-13,21H,9-10H2,1-8H3. The van der Waals surface area contributed by atoms with E-state index in [0.717, 1.165) is 4.90 Å². The molecule has 0 aromatic rings. The molecule has 1 aliphatic heterocycles. The Kier molecular flexibility index (Phi) is 6.68. The zero-order valence-corrected chi connectivity index (χ0v) is 17.0. The highest BCUT2D eigenvalue weighted by Crippen LogP contribution is 2.29. The molecule has 0 bridgehead atoms. The van der Waals surface area contributed by atoms with Gasteiger partial charge in [-0.05, 0) is 47.5 Å². The third-order valence-electron chi connectivity index (χ3n) is 3.83. The van der Waals surface area contributed by atoms with Gasteiger partial charge in [-0.1, -0.05) is 6.92 Å². The second-order valence-corrected chi connectivity index (χ2v) is 8.86. The SMILES string of the molecule is CC1CN(C(=O)OC(C)(C)C)C(=O)C1C(O)CN(C)C(=O)OC(C)(C)C. The van der Waals surface area contributed by atoms with Crippen LogP contribution in [0.3, 0.4) is 0 Å². The predicted octanol–water partition coefficient (Wildman–Crippen LogP) is 2.24. The second-order valence-electron chi connectivity index (χ2n) is 8.86. The fourth-order valence-corrected chi connectivity index (χ4v) is 2.75. The van der Waals surface area contributed by atoms with E-state index in [2.05, 4.69) is 0 Å². The molecule has 0 aliphatic carbocycles. The van der Waals surface area contributed by atoms with Crippen molar-refractivity contribution in [2.45, 2.75) is 65.8 Å². The van der Waals surface area contributed by atoms with Gasteiger partial charge >= 0.3 is 12.2 Å². The molecule has 1 heterocycles. The average molecular weight is 372 g/mol. The molecule has 0 spiro atoms. The molecule has 1 fully saturated rings. The normalized spacial score (nSPS) is 22.2.